The summed E-state index contributed by atoms with van der Waals surface area (Å²) in [5.41, 5.74) is 5.78. The Kier molecular flexibility index (Phi) is 4.70. The molecule has 0 amide bonds. The van der Waals surface area contributed by atoms with E-state index < -0.39 is 0 Å². The number of para-hydroxylation sites is 1. The molecule has 0 saturated carbocycles. The number of methoxy groups -OCH3 is 1. The minimum absolute atomic E-state index is 0.119. The highest BCUT2D eigenvalue weighted by Gasteiger charge is 2.42. The van der Waals surface area contributed by atoms with Crippen molar-refractivity contribution in [2.75, 3.05) is 7.11 Å². The van der Waals surface area contributed by atoms with E-state index in [-0.39, 0.29) is 12.3 Å². The highest BCUT2D eigenvalue weighted by atomic mass is 16.5. The van der Waals surface area contributed by atoms with Gasteiger partial charge in [0.15, 0.2) is 11.5 Å². The third-order valence-electron chi connectivity index (χ3n) is 6.00. The summed E-state index contributed by atoms with van der Waals surface area (Å²) in [5.74, 6) is 2.09. The van der Waals surface area contributed by atoms with Gasteiger partial charge in [-0.3, -0.25) is 0 Å². The third kappa shape index (κ3) is 3.13. The van der Waals surface area contributed by atoms with Crippen LogP contribution in [0.25, 0.3) is 0 Å². The van der Waals surface area contributed by atoms with Crippen molar-refractivity contribution >= 4 is 5.71 Å². The number of fused-ring (bicyclic) bond motifs is 3. The van der Waals surface area contributed by atoms with E-state index in [4.69, 9.17) is 14.6 Å². The molecule has 0 aromatic heterocycles. The topological polar surface area (TPSA) is 34.1 Å². The number of hydrogen-bond acceptors (Lipinski definition) is 4. The summed E-state index contributed by atoms with van der Waals surface area (Å²) >= 11 is 0. The fourth-order valence-corrected chi connectivity index (χ4v) is 4.32. The van der Waals surface area contributed by atoms with Gasteiger partial charge in [0.2, 0.25) is 6.23 Å². The molecule has 30 heavy (non-hydrogen) atoms. The van der Waals surface area contributed by atoms with Gasteiger partial charge in [-0.1, -0.05) is 80.6 Å². The standard InChI is InChI=1S/C26H26N2O2/c1-17(2)18-12-14-20(15-13-18)26-28-23(16-22(27-28)19-8-5-4-6-9-19)21-10-7-11-24(29-3)25(21)30-26/h4-15,17,23,26H,16H2,1-3H3/t23-,26-/m1/s1. The summed E-state index contributed by atoms with van der Waals surface area (Å²) in [4.78, 5) is 0. The van der Waals surface area contributed by atoms with Crippen LogP contribution in [-0.2, 0) is 0 Å². The molecule has 3 aromatic rings. The Morgan fingerprint density at radius 1 is 0.967 bits per heavy atom. The normalized spacial score (nSPS) is 19.7. The van der Waals surface area contributed by atoms with Gasteiger partial charge in [-0.2, -0.15) is 5.10 Å². The van der Waals surface area contributed by atoms with Crippen LogP contribution < -0.4 is 9.47 Å². The average molecular weight is 399 g/mol. The van der Waals surface area contributed by atoms with Crippen molar-refractivity contribution < 1.29 is 9.47 Å². The fraction of sp³-hybridized carbons (Fsp3) is 0.269. The van der Waals surface area contributed by atoms with Crippen LogP contribution in [0.3, 0.4) is 0 Å². The van der Waals surface area contributed by atoms with Crippen molar-refractivity contribution in [1.82, 2.24) is 5.01 Å². The first kappa shape index (κ1) is 18.7. The minimum Gasteiger partial charge on any atom is -0.493 e. The largest absolute Gasteiger partial charge is 0.493 e. The molecule has 5 rings (SSSR count). The van der Waals surface area contributed by atoms with Gasteiger partial charge in [0.1, 0.15) is 0 Å². The van der Waals surface area contributed by atoms with Gasteiger partial charge < -0.3 is 9.47 Å². The first-order valence-corrected chi connectivity index (χ1v) is 10.5. The second-order valence-corrected chi connectivity index (χ2v) is 8.18. The predicted molar refractivity (Wildman–Crippen MR) is 119 cm³/mol. The SMILES string of the molecule is COc1cccc2c1O[C@H](c1ccc(C(C)C)cc1)N1N=C(c3ccccc3)C[C@H]21. The lowest BCUT2D eigenvalue weighted by molar-refractivity contribution is -0.0209. The Hall–Kier alpha value is -3.27. The second kappa shape index (κ2) is 7.52. The average Bonchev–Trinajstić information content (AvgIpc) is 3.24. The van der Waals surface area contributed by atoms with Gasteiger partial charge in [-0.05, 0) is 23.1 Å². The zero-order valence-electron chi connectivity index (χ0n) is 17.6. The quantitative estimate of drug-likeness (QED) is 0.536. The molecule has 0 N–H and O–H groups in total. The molecule has 2 aliphatic heterocycles. The highest BCUT2D eigenvalue weighted by molar-refractivity contribution is 6.01. The number of hydrazone groups is 1. The van der Waals surface area contributed by atoms with E-state index in [1.54, 1.807) is 7.11 Å². The van der Waals surface area contributed by atoms with Crippen molar-refractivity contribution in [2.24, 2.45) is 5.10 Å². The molecule has 0 unspecified atom stereocenters. The van der Waals surface area contributed by atoms with Crippen LogP contribution in [0.4, 0.5) is 0 Å². The van der Waals surface area contributed by atoms with E-state index in [1.807, 2.05) is 18.2 Å². The lowest BCUT2D eigenvalue weighted by Gasteiger charge is -2.38. The Morgan fingerprint density at radius 3 is 2.43 bits per heavy atom. The molecular formula is C26H26N2O2. The Bertz CT molecular complexity index is 1070. The van der Waals surface area contributed by atoms with E-state index in [0.717, 1.165) is 40.3 Å². The Balaban J connectivity index is 1.59. The molecule has 0 saturated heterocycles. The summed E-state index contributed by atoms with van der Waals surface area (Å²) < 4.78 is 12.2. The van der Waals surface area contributed by atoms with E-state index in [0.29, 0.717) is 5.92 Å². The van der Waals surface area contributed by atoms with Gasteiger partial charge in [0.25, 0.3) is 0 Å². The molecule has 2 atom stereocenters. The van der Waals surface area contributed by atoms with Crippen LogP contribution in [0.15, 0.2) is 77.9 Å². The zero-order chi connectivity index (χ0) is 20.7. The van der Waals surface area contributed by atoms with Crippen LogP contribution in [-0.4, -0.2) is 17.8 Å². The first-order chi connectivity index (χ1) is 14.7. The highest BCUT2D eigenvalue weighted by Crippen LogP contribution is 2.50. The maximum Gasteiger partial charge on any atom is 0.214 e. The Morgan fingerprint density at radius 2 is 1.73 bits per heavy atom. The Labute approximate surface area is 177 Å². The van der Waals surface area contributed by atoms with Crippen molar-refractivity contribution in [3.05, 3.63) is 95.1 Å². The van der Waals surface area contributed by atoms with E-state index in [9.17, 15) is 0 Å². The first-order valence-electron chi connectivity index (χ1n) is 10.5. The molecule has 2 heterocycles. The maximum atomic E-state index is 6.53. The summed E-state index contributed by atoms with van der Waals surface area (Å²) in [6, 6.07) is 25.3. The van der Waals surface area contributed by atoms with Crippen LogP contribution in [0.1, 0.15) is 60.7 Å². The molecule has 0 bridgehead atoms. The maximum absolute atomic E-state index is 6.53. The summed E-state index contributed by atoms with van der Waals surface area (Å²) in [7, 11) is 1.69. The number of nitrogens with zero attached hydrogens (tertiary/aromatic N) is 2. The molecule has 4 heteroatoms. The molecule has 3 aromatic carbocycles. The zero-order valence-corrected chi connectivity index (χ0v) is 17.6. The van der Waals surface area contributed by atoms with Crippen LogP contribution in [0.2, 0.25) is 0 Å². The molecule has 0 aliphatic carbocycles. The molecule has 2 aliphatic rings. The summed E-state index contributed by atoms with van der Waals surface area (Å²) in [5, 5.41) is 7.15. The molecule has 152 valence electrons. The molecular weight excluding hydrogens is 372 g/mol. The van der Waals surface area contributed by atoms with Crippen molar-refractivity contribution in [3.63, 3.8) is 0 Å². The number of ether oxygens (including phenoxy) is 2. The van der Waals surface area contributed by atoms with Crippen molar-refractivity contribution in [3.8, 4) is 11.5 Å². The van der Waals surface area contributed by atoms with Gasteiger partial charge in [-0.15, -0.1) is 0 Å². The third-order valence-corrected chi connectivity index (χ3v) is 6.00. The monoisotopic (exact) mass is 398 g/mol. The van der Waals surface area contributed by atoms with Crippen molar-refractivity contribution in [2.45, 2.75) is 38.5 Å². The van der Waals surface area contributed by atoms with Gasteiger partial charge in [0.05, 0.1) is 18.9 Å². The van der Waals surface area contributed by atoms with Gasteiger partial charge in [-0.25, -0.2) is 5.01 Å². The van der Waals surface area contributed by atoms with E-state index >= 15 is 0 Å². The number of hydrogen-bond donors (Lipinski definition) is 0. The van der Waals surface area contributed by atoms with Crippen LogP contribution in [0, 0.1) is 0 Å². The minimum atomic E-state index is -0.291. The molecule has 0 spiro atoms. The van der Waals surface area contributed by atoms with Gasteiger partial charge >= 0.3 is 0 Å². The smallest absolute Gasteiger partial charge is 0.214 e. The lowest BCUT2D eigenvalue weighted by atomic mass is 9.95. The second-order valence-electron chi connectivity index (χ2n) is 8.18. The lowest BCUT2D eigenvalue weighted by Crippen LogP contribution is -2.33. The van der Waals surface area contributed by atoms with Crippen LogP contribution in [0.5, 0.6) is 11.5 Å². The predicted octanol–water partition coefficient (Wildman–Crippen LogP) is 6.06. The number of rotatable bonds is 4. The fourth-order valence-electron chi connectivity index (χ4n) is 4.32. The molecule has 4 nitrogen and oxygen atoms in total. The van der Waals surface area contributed by atoms with E-state index in [2.05, 4.69) is 73.5 Å². The van der Waals surface area contributed by atoms with Crippen molar-refractivity contribution in [1.29, 1.82) is 0 Å². The van der Waals surface area contributed by atoms with E-state index in [1.165, 1.54) is 5.56 Å². The molecule has 0 fully saturated rings. The number of benzene rings is 3. The molecule has 0 radical (unpaired) electrons. The summed E-state index contributed by atoms with van der Waals surface area (Å²) in [6.07, 6.45) is 0.551. The van der Waals surface area contributed by atoms with Crippen LogP contribution >= 0.6 is 0 Å². The van der Waals surface area contributed by atoms with Gasteiger partial charge in [0, 0.05) is 17.5 Å². The summed E-state index contributed by atoms with van der Waals surface area (Å²) in [6.45, 7) is 4.42.